The molecular weight excluding hydrogens is 294 g/mol. The van der Waals surface area contributed by atoms with Gasteiger partial charge in [-0.1, -0.05) is 11.3 Å². The number of hydrogen-bond acceptors (Lipinski definition) is 5. The molecule has 1 fully saturated rings. The summed E-state index contributed by atoms with van der Waals surface area (Å²) in [6.45, 7) is 2.29. The van der Waals surface area contributed by atoms with E-state index < -0.39 is 0 Å². The maximum atomic E-state index is 11.9. The number of anilines is 1. The zero-order valence-electron chi connectivity index (χ0n) is 11.1. The van der Waals surface area contributed by atoms with Crippen molar-refractivity contribution in [2.45, 2.75) is 38.6 Å². The van der Waals surface area contributed by atoms with E-state index in [0.29, 0.717) is 17.6 Å². The van der Waals surface area contributed by atoms with Gasteiger partial charge in [-0.2, -0.15) is 0 Å². The van der Waals surface area contributed by atoms with Crippen molar-refractivity contribution in [3.05, 3.63) is 31.8 Å². The molecule has 0 saturated heterocycles. The third-order valence-electron chi connectivity index (χ3n) is 3.30. The molecule has 1 saturated carbocycles. The molecule has 20 heavy (non-hydrogen) atoms. The van der Waals surface area contributed by atoms with E-state index in [-0.39, 0.29) is 17.2 Å². The van der Waals surface area contributed by atoms with Crippen molar-refractivity contribution in [1.29, 1.82) is 0 Å². The summed E-state index contributed by atoms with van der Waals surface area (Å²) in [5.74, 6) is 0.503. The van der Waals surface area contributed by atoms with Crippen LogP contribution in [0.4, 0.5) is 5.13 Å². The van der Waals surface area contributed by atoms with Crippen molar-refractivity contribution in [2.24, 2.45) is 0 Å². The van der Waals surface area contributed by atoms with E-state index in [1.54, 1.807) is 4.57 Å². The van der Waals surface area contributed by atoms with Gasteiger partial charge in [-0.15, -0.1) is 11.3 Å². The van der Waals surface area contributed by atoms with Gasteiger partial charge >= 0.3 is 4.87 Å². The van der Waals surface area contributed by atoms with Crippen LogP contribution in [0.5, 0.6) is 0 Å². The van der Waals surface area contributed by atoms with E-state index in [4.69, 9.17) is 0 Å². The van der Waals surface area contributed by atoms with Gasteiger partial charge in [-0.05, 0) is 19.8 Å². The fourth-order valence-corrected chi connectivity index (χ4v) is 3.55. The number of nitrogens with zero attached hydrogens (tertiary/aromatic N) is 2. The summed E-state index contributed by atoms with van der Waals surface area (Å²) in [5.41, 5.74) is 1.99. The molecular formula is C13H15N3O2S2. The second-order valence-electron chi connectivity index (χ2n) is 4.94. The van der Waals surface area contributed by atoms with E-state index in [1.165, 1.54) is 35.5 Å². The van der Waals surface area contributed by atoms with Crippen LogP contribution in [0.15, 0.2) is 15.6 Å². The normalized spacial score (nSPS) is 14.4. The van der Waals surface area contributed by atoms with Gasteiger partial charge in [-0.25, -0.2) is 4.98 Å². The first kappa shape index (κ1) is 13.5. The molecule has 0 spiro atoms. The lowest BCUT2D eigenvalue weighted by Crippen LogP contribution is -2.20. The van der Waals surface area contributed by atoms with E-state index >= 15 is 0 Å². The van der Waals surface area contributed by atoms with Crippen LogP contribution in [-0.2, 0) is 11.3 Å². The van der Waals surface area contributed by atoms with Crippen LogP contribution < -0.4 is 10.2 Å². The minimum Gasteiger partial charge on any atom is -0.303 e. The van der Waals surface area contributed by atoms with Gasteiger partial charge in [0, 0.05) is 35.3 Å². The molecule has 2 aromatic rings. The lowest BCUT2D eigenvalue weighted by Gasteiger charge is -2.04. The van der Waals surface area contributed by atoms with Crippen molar-refractivity contribution in [3.63, 3.8) is 0 Å². The van der Waals surface area contributed by atoms with E-state index in [1.807, 2.05) is 17.7 Å². The molecule has 0 unspecified atom stereocenters. The highest BCUT2D eigenvalue weighted by Crippen LogP contribution is 2.40. The number of aromatic nitrogens is 2. The predicted octanol–water partition coefficient (Wildman–Crippen LogP) is 2.58. The average molecular weight is 309 g/mol. The summed E-state index contributed by atoms with van der Waals surface area (Å²) in [5, 5.41) is 7.28. The number of nitrogens with one attached hydrogen (secondary N) is 1. The summed E-state index contributed by atoms with van der Waals surface area (Å²) < 4.78 is 1.63. The summed E-state index contributed by atoms with van der Waals surface area (Å²) in [6.07, 6.45) is 2.70. The highest BCUT2D eigenvalue weighted by atomic mass is 32.1. The van der Waals surface area contributed by atoms with Gasteiger partial charge in [0.15, 0.2) is 5.13 Å². The zero-order valence-corrected chi connectivity index (χ0v) is 12.7. The Labute approximate surface area is 124 Å². The molecule has 5 nitrogen and oxygen atoms in total. The van der Waals surface area contributed by atoms with E-state index in [9.17, 15) is 9.59 Å². The lowest BCUT2D eigenvalue weighted by atomic mass is 10.3. The van der Waals surface area contributed by atoms with Crippen LogP contribution in [0.1, 0.15) is 36.6 Å². The first-order valence-corrected chi connectivity index (χ1v) is 8.29. The van der Waals surface area contributed by atoms with Gasteiger partial charge in [0.05, 0.1) is 5.69 Å². The summed E-state index contributed by atoms with van der Waals surface area (Å²) >= 11 is 2.63. The quantitative estimate of drug-likeness (QED) is 0.923. The van der Waals surface area contributed by atoms with Gasteiger partial charge in [-0.3, -0.25) is 9.59 Å². The number of carbonyl (C=O) groups excluding carboxylic acids is 1. The SMILES string of the molecule is Cc1csc(=O)n1CCC(=O)Nc1nc(C2CC2)cs1. The third kappa shape index (κ3) is 2.99. The first-order chi connectivity index (χ1) is 9.63. The smallest absolute Gasteiger partial charge is 0.303 e. The fraction of sp³-hybridized carbons (Fsp3) is 0.462. The molecule has 1 aliphatic carbocycles. The van der Waals surface area contributed by atoms with Crippen LogP contribution in [0.2, 0.25) is 0 Å². The average Bonchev–Trinajstić information content (AvgIpc) is 3.09. The van der Waals surface area contributed by atoms with Gasteiger partial charge < -0.3 is 9.88 Å². The standard InChI is InChI=1S/C13H15N3O2S2/c1-8-6-20-13(18)16(8)5-4-11(17)15-12-14-10(7-19-12)9-2-3-9/h6-7,9H,2-5H2,1H3,(H,14,15,17). The van der Waals surface area contributed by atoms with Crippen molar-refractivity contribution < 1.29 is 4.79 Å². The Morgan fingerprint density at radius 2 is 2.25 bits per heavy atom. The Bertz CT molecular complexity index is 682. The Balaban J connectivity index is 1.55. The maximum absolute atomic E-state index is 11.9. The largest absolute Gasteiger partial charge is 0.307 e. The Morgan fingerprint density at radius 3 is 2.90 bits per heavy atom. The molecule has 2 aromatic heterocycles. The molecule has 0 radical (unpaired) electrons. The maximum Gasteiger partial charge on any atom is 0.307 e. The van der Waals surface area contributed by atoms with E-state index in [0.717, 1.165) is 11.4 Å². The number of rotatable bonds is 5. The number of hydrogen-bond donors (Lipinski definition) is 1. The zero-order chi connectivity index (χ0) is 14.1. The number of thiazole rings is 2. The first-order valence-electron chi connectivity index (χ1n) is 6.53. The Kier molecular flexibility index (Phi) is 3.71. The molecule has 0 atom stereocenters. The highest BCUT2D eigenvalue weighted by molar-refractivity contribution is 7.14. The minimum absolute atomic E-state index is 0.0134. The van der Waals surface area contributed by atoms with Crippen LogP contribution in [0.25, 0.3) is 0 Å². The summed E-state index contributed by atoms with van der Waals surface area (Å²) in [6, 6.07) is 0. The van der Waals surface area contributed by atoms with Gasteiger partial charge in [0.1, 0.15) is 0 Å². The second kappa shape index (κ2) is 5.49. The van der Waals surface area contributed by atoms with Gasteiger partial charge in [0.2, 0.25) is 5.91 Å². The van der Waals surface area contributed by atoms with Crippen LogP contribution >= 0.6 is 22.7 Å². The molecule has 1 N–H and O–H groups in total. The van der Waals surface area contributed by atoms with Gasteiger partial charge in [0.25, 0.3) is 0 Å². The van der Waals surface area contributed by atoms with Crippen LogP contribution in [0.3, 0.4) is 0 Å². The number of amides is 1. The van der Waals surface area contributed by atoms with Crippen LogP contribution in [-0.4, -0.2) is 15.5 Å². The van der Waals surface area contributed by atoms with Crippen molar-refractivity contribution in [1.82, 2.24) is 9.55 Å². The van der Waals surface area contributed by atoms with Crippen molar-refractivity contribution in [2.75, 3.05) is 5.32 Å². The molecule has 3 rings (SSSR count). The Hall–Kier alpha value is -1.47. The van der Waals surface area contributed by atoms with Crippen molar-refractivity contribution >= 4 is 33.7 Å². The molecule has 7 heteroatoms. The topological polar surface area (TPSA) is 64.0 Å². The van der Waals surface area contributed by atoms with Crippen molar-refractivity contribution in [3.8, 4) is 0 Å². The molecule has 2 heterocycles. The molecule has 0 bridgehead atoms. The molecule has 0 aromatic carbocycles. The number of aryl methyl sites for hydroxylation is 1. The van der Waals surface area contributed by atoms with E-state index in [2.05, 4.69) is 10.3 Å². The molecule has 0 aliphatic heterocycles. The number of carbonyl (C=O) groups is 1. The van der Waals surface area contributed by atoms with Crippen LogP contribution in [0, 0.1) is 6.92 Å². The highest BCUT2D eigenvalue weighted by Gasteiger charge is 2.26. The second-order valence-corrected chi connectivity index (χ2v) is 6.62. The predicted molar refractivity (Wildman–Crippen MR) is 80.7 cm³/mol. The third-order valence-corrected chi connectivity index (χ3v) is 4.96. The minimum atomic E-state index is -0.0980. The Morgan fingerprint density at radius 1 is 1.45 bits per heavy atom. The molecule has 1 aliphatic rings. The fourth-order valence-electron chi connectivity index (χ4n) is 1.98. The summed E-state index contributed by atoms with van der Waals surface area (Å²) in [7, 11) is 0. The molecule has 1 amide bonds. The molecule has 106 valence electrons. The lowest BCUT2D eigenvalue weighted by molar-refractivity contribution is -0.116. The monoisotopic (exact) mass is 309 g/mol. The summed E-state index contributed by atoms with van der Waals surface area (Å²) in [4.78, 5) is 27.8.